The van der Waals surface area contributed by atoms with Crippen molar-refractivity contribution in [2.24, 2.45) is 0 Å². The zero-order chi connectivity index (χ0) is 16.8. The maximum Gasteiger partial charge on any atom is 0.254 e. The first kappa shape index (κ1) is 16.7. The van der Waals surface area contributed by atoms with Crippen LogP contribution in [0.3, 0.4) is 0 Å². The Balaban J connectivity index is 1.99. The number of hydrogen-bond donors (Lipinski definition) is 1. The molecule has 0 fully saturated rings. The Labute approximate surface area is 134 Å². The van der Waals surface area contributed by atoms with Crippen molar-refractivity contribution in [2.75, 3.05) is 18.0 Å². The van der Waals surface area contributed by atoms with Gasteiger partial charge < -0.3 is 10.2 Å². The van der Waals surface area contributed by atoms with E-state index in [9.17, 15) is 14.0 Å². The zero-order valence-electron chi connectivity index (χ0n) is 13.2. The molecular weight excluding hydrogens is 295 g/mol. The second-order valence-electron chi connectivity index (χ2n) is 5.25. The number of aryl methyl sites for hydroxylation is 1. The number of carbonyl (C=O) groups excluding carboxylic acids is 2. The fraction of sp³-hybridized carbons (Fsp3) is 0.222. The lowest BCUT2D eigenvalue weighted by Crippen LogP contribution is -2.37. The summed E-state index contributed by atoms with van der Waals surface area (Å²) in [6.45, 7) is 3.97. The van der Waals surface area contributed by atoms with Gasteiger partial charge in [-0.05, 0) is 36.8 Å². The minimum Gasteiger partial charge on any atom is -0.350 e. The summed E-state index contributed by atoms with van der Waals surface area (Å²) in [6, 6.07) is 13.4. The highest BCUT2D eigenvalue weighted by atomic mass is 19.1. The van der Waals surface area contributed by atoms with E-state index in [1.165, 1.54) is 25.1 Å². The summed E-state index contributed by atoms with van der Waals surface area (Å²) in [7, 11) is 0. The van der Waals surface area contributed by atoms with Crippen molar-refractivity contribution in [3.8, 4) is 0 Å². The van der Waals surface area contributed by atoms with Crippen molar-refractivity contribution in [3.63, 3.8) is 0 Å². The van der Waals surface area contributed by atoms with Crippen LogP contribution in [0.4, 0.5) is 10.1 Å². The lowest BCUT2D eigenvalue weighted by Gasteiger charge is -2.21. The Kier molecular flexibility index (Phi) is 5.46. The monoisotopic (exact) mass is 314 g/mol. The van der Waals surface area contributed by atoms with Crippen molar-refractivity contribution in [3.05, 3.63) is 65.5 Å². The summed E-state index contributed by atoms with van der Waals surface area (Å²) in [5, 5.41) is 2.64. The van der Waals surface area contributed by atoms with E-state index in [4.69, 9.17) is 0 Å². The van der Waals surface area contributed by atoms with Gasteiger partial charge in [0.25, 0.3) is 5.91 Å². The third kappa shape index (κ3) is 4.39. The van der Waals surface area contributed by atoms with Gasteiger partial charge in [0.2, 0.25) is 5.91 Å². The molecule has 0 heterocycles. The van der Waals surface area contributed by atoms with Gasteiger partial charge in [0.1, 0.15) is 5.82 Å². The van der Waals surface area contributed by atoms with E-state index in [1.54, 1.807) is 11.0 Å². The third-order valence-corrected chi connectivity index (χ3v) is 3.43. The summed E-state index contributed by atoms with van der Waals surface area (Å²) in [5.41, 5.74) is 1.82. The van der Waals surface area contributed by atoms with Crippen molar-refractivity contribution < 1.29 is 14.0 Å². The molecule has 0 radical (unpaired) electrons. The quantitative estimate of drug-likeness (QED) is 0.922. The summed E-state index contributed by atoms with van der Waals surface area (Å²) < 4.78 is 13.5. The Hall–Kier alpha value is -2.69. The van der Waals surface area contributed by atoms with Gasteiger partial charge in [0.15, 0.2) is 0 Å². The van der Waals surface area contributed by atoms with Crippen LogP contribution in [-0.4, -0.2) is 24.9 Å². The molecule has 5 heteroatoms. The summed E-state index contributed by atoms with van der Waals surface area (Å²) in [5.74, 6) is -1.17. The average Bonchev–Trinajstić information content (AvgIpc) is 2.51. The van der Waals surface area contributed by atoms with Gasteiger partial charge in [-0.25, -0.2) is 4.39 Å². The molecule has 0 aliphatic carbocycles. The molecule has 120 valence electrons. The van der Waals surface area contributed by atoms with Crippen molar-refractivity contribution >= 4 is 17.5 Å². The van der Waals surface area contributed by atoms with Crippen LogP contribution < -0.4 is 10.2 Å². The number of nitrogens with zero attached hydrogens (tertiary/aromatic N) is 1. The molecule has 2 amide bonds. The van der Waals surface area contributed by atoms with Crippen LogP contribution in [0.15, 0.2) is 48.5 Å². The number of anilines is 1. The number of carbonyl (C=O) groups is 2. The Morgan fingerprint density at radius 1 is 1.13 bits per heavy atom. The van der Waals surface area contributed by atoms with Crippen LogP contribution >= 0.6 is 0 Å². The van der Waals surface area contributed by atoms with Gasteiger partial charge in [-0.3, -0.25) is 9.59 Å². The van der Waals surface area contributed by atoms with Crippen LogP contribution in [-0.2, 0) is 4.79 Å². The van der Waals surface area contributed by atoms with Crippen LogP contribution in [0.25, 0.3) is 0 Å². The molecule has 0 aliphatic heterocycles. The smallest absolute Gasteiger partial charge is 0.254 e. The third-order valence-electron chi connectivity index (χ3n) is 3.43. The van der Waals surface area contributed by atoms with Gasteiger partial charge >= 0.3 is 0 Å². The first-order chi connectivity index (χ1) is 11.0. The molecule has 0 atom stereocenters. The fourth-order valence-corrected chi connectivity index (χ4v) is 2.29. The molecule has 0 aromatic heterocycles. The molecule has 2 rings (SSSR count). The van der Waals surface area contributed by atoms with Gasteiger partial charge in [-0.1, -0.05) is 24.3 Å². The fourth-order valence-electron chi connectivity index (χ4n) is 2.29. The Morgan fingerprint density at radius 3 is 2.52 bits per heavy atom. The predicted octanol–water partition coefficient (Wildman–Crippen LogP) is 2.92. The van der Waals surface area contributed by atoms with Crippen LogP contribution in [0.2, 0.25) is 0 Å². The normalized spacial score (nSPS) is 10.2. The van der Waals surface area contributed by atoms with E-state index in [0.29, 0.717) is 6.54 Å². The standard InChI is InChI=1S/C18H19FN2O2/c1-13-6-5-7-15(12-13)21(14(2)22)11-10-20-18(23)16-8-3-4-9-17(16)19/h3-9,12H,10-11H2,1-2H3,(H,20,23). The zero-order valence-corrected chi connectivity index (χ0v) is 13.2. The highest BCUT2D eigenvalue weighted by Crippen LogP contribution is 2.15. The van der Waals surface area contributed by atoms with Gasteiger partial charge in [0.05, 0.1) is 5.56 Å². The summed E-state index contributed by atoms with van der Waals surface area (Å²) in [6.07, 6.45) is 0. The van der Waals surface area contributed by atoms with E-state index in [2.05, 4.69) is 5.32 Å². The first-order valence-electron chi connectivity index (χ1n) is 7.36. The van der Waals surface area contributed by atoms with E-state index in [1.807, 2.05) is 31.2 Å². The predicted molar refractivity (Wildman–Crippen MR) is 87.9 cm³/mol. The van der Waals surface area contributed by atoms with Gasteiger partial charge in [-0.15, -0.1) is 0 Å². The lowest BCUT2D eigenvalue weighted by atomic mass is 10.2. The number of halogens is 1. The maximum absolute atomic E-state index is 13.5. The number of hydrogen-bond acceptors (Lipinski definition) is 2. The van der Waals surface area contributed by atoms with Crippen molar-refractivity contribution in [1.82, 2.24) is 5.32 Å². The Bertz CT molecular complexity index is 716. The van der Waals surface area contributed by atoms with Crippen LogP contribution in [0, 0.1) is 12.7 Å². The second kappa shape index (κ2) is 7.54. The van der Waals surface area contributed by atoms with Crippen molar-refractivity contribution in [2.45, 2.75) is 13.8 Å². The molecule has 0 unspecified atom stereocenters. The molecule has 2 aromatic rings. The SMILES string of the molecule is CC(=O)N(CCNC(=O)c1ccccc1F)c1cccc(C)c1. The first-order valence-corrected chi connectivity index (χ1v) is 7.36. The molecule has 1 N–H and O–H groups in total. The topological polar surface area (TPSA) is 49.4 Å². The minimum absolute atomic E-state index is 0.00238. The highest BCUT2D eigenvalue weighted by Gasteiger charge is 2.14. The highest BCUT2D eigenvalue weighted by molar-refractivity contribution is 5.95. The van der Waals surface area contributed by atoms with E-state index < -0.39 is 11.7 Å². The lowest BCUT2D eigenvalue weighted by molar-refractivity contribution is -0.116. The van der Waals surface area contributed by atoms with E-state index in [-0.39, 0.29) is 18.0 Å². The molecule has 0 aliphatic rings. The largest absolute Gasteiger partial charge is 0.350 e. The molecule has 0 saturated carbocycles. The number of amides is 2. The second-order valence-corrected chi connectivity index (χ2v) is 5.25. The molecule has 0 spiro atoms. The molecule has 2 aromatic carbocycles. The van der Waals surface area contributed by atoms with E-state index >= 15 is 0 Å². The molecule has 4 nitrogen and oxygen atoms in total. The summed E-state index contributed by atoms with van der Waals surface area (Å²) >= 11 is 0. The average molecular weight is 314 g/mol. The van der Waals surface area contributed by atoms with Crippen molar-refractivity contribution in [1.29, 1.82) is 0 Å². The Morgan fingerprint density at radius 2 is 1.87 bits per heavy atom. The molecular formula is C18H19FN2O2. The van der Waals surface area contributed by atoms with Crippen LogP contribution in [0.1, 0.15) is 22.8 Å². The number of benzene rings is 2. The molecule has 23 heavy (non-hydrogen) atoms. The van der Waals surface area contributed by atoms with Gasteiger partial charge in [-0.2, -0.15) is 0 Å². The number of nitrogens with one attached hydrogen (secondary N) is 1. The van der Waals surface area contributed by atoms with Gasteiger partial charge in [0, 0.05) is 25.7 Å². The van der Waals surface area contributed by atoms with Crippen LogP contribution in [0.5, 0.6) is 0 Å². The molecule has 0 saturated heterocycles. The maximum atomic E-state index is 13.5. The molecule has 0 bridgehead atoms. The number of rotatable bonds is 5. The minimum atomic E-state index is -0.563. The van der Waals surface area contributed by atoms with E-state index in [0.717, 1.165) is 11.3 Å². The summed E-state index contributed by atoms with van der Waals surface area (Å²) in [4.78, 5) is 25.3.